The van der Waals surface area contributed by atoms with Crippen LogP contribution >= 0.6 is 0 Å². The van der Waals surface area contributed by atoms with E-state index in [1.54, 1.807) is 52.8 Å². The minimum atomic E-state index is -0.984. The van der Waals surface area contributed by atoms with Crippen molar-refractivity contribution < 1.29 is 34.1 Å². The molecule has 236 valence electrons. The molecule has 0 saturated carbocycles. The molecule has 1 aliphatic rings. The number of esters is 1. The van der Waals surface area contributed by atoms with Crippen LogP contribution in [0.4, 0.5) is 0 Å². The van der Waals surface area contributed by atoms with E-state index in [0.717, 1.165) is 5.57 Å². The molecule has 0 aromatic rings. The molecule has 1 amide bonds. The molecule has 0 unspecified atom stereocenters. The number of amides is 1. The highest BCUT2D eigenvalue weighted by atomic mass is 16.5. The Morgan fingerprint density at radius 1 is 1.10 bits per heavy atom. The van der Waals surface area contributed by atoms with Crippen LogP contribution in [0.1, 0.15) is 93.4 Å². The number of hydrogen-bond donors (Lipinski definition) is 3. The summed E-state index contributed by atoms with van der Waals surface area (Å²) in [6.07, 6.45) is 9.10. The second-order valence-corrected chi connectivity index (χ2v) is 12.1. The van der Waals surface area contributed by atoms with Crippen molar-refractivity contribution in [1.29, 1.82) is 0 Å². The quantitative estimate of drug-likeness (QED) is 0.162. The van der Waals surface area contributed by atoms with Crippen molar-refractivity contribution in [3.8, 4) is 0 Å². The number of nitrogens with one attached hydrogen (secondary N) is 1. The molecule has 42 heavy (non-hydrogen) atoms. The number of aliphatic hydroxyl groups is 2. The van der Waals surface area contributed by atoms with Gasteiger partial charge in [-0.05, 0) is 70.4 Å². The molecule has 1 heterocycles. The van der Waals surface area contributed by atoms with Gasteiger partial charge in [-0.3, -0.25) is 14.4 Å². The molecule has 0 aromatic heterocycles. The summed E-state index contributed by atoms with van der Waals surface area (Å²) in [5.74, 6) is -2.69. The zero-order valence-electron chi connectivity index (χ0n) is 26.6. The smallest absolute Gasteiger partial charge is 0.333 e. The maximum Gasteiger partial charge on any atom is 0.333 e. The van der Waals surface area contributed by atoms with Crippen LogP contribution in [0.3, 0.4) is 0 Å². The van der Waals surface area contributed by atoms with Gasteiger partial charge in [0.1, 0.15) is 17.7 Å². The molecule has 3 N–H and O–H groups in total. The summed E-state index contributed by atoms with van der Waals surface area (Å²) in [5.41, 5.74) is 1.17. The fraction of sp³-hybridized carbons (Fsp3) is 0.647. The third-order valence-electron chi connectivity index (χ3n) is 8.11. The van der Waals surface area contributed by atoms with Crippen molar-refractivity contribution in [3.63, 3.8) is 0 Å². The first-order valence-electron chi connectivity index (χ1n) is 15.2. The fourth-order valence-electron chi connectivity index (χ4n) is 4.88. The van der Waals surface area contributed by atoms with Crippen molar-refractivity contribution in [3.05, 3.63) is 48.1 Å². The average Bonchev–Trinajstić information content (AvgIpc) is 2.93. The molecular weight excluding hydrogens is 534 g/mol. The minimum Gasteiger partial charge on any atom is -0.455 e. The van der Waals surface area contributed by atoms with Crippen LogP contribution in [0.25, 0.3) is 0 Å². The Balaban J connectivity index is 3.15. The minimum absolute atomic E-state index is 0.0995. The molecule has 0 fully saturated rings. The normalized spacial score (nSPS) is 31.2. The molecule has 0 spiro atoms. The number of cyclic esters (lactones) is 1. The summed E-state index contributed by atoms with van der Waals surface area (Å²) in [4.78, 5) is 51.0. The summed E-state index contributed by atoms with van der Waals surface area (Å²) in [6.45, 7) is 16.1. The molecule has 0 radical (unpaired) electrons. The zero-order valence-corrected chi connectivity index (χ0v) is 26.6. The second kappa shape index (κ2) is 18.6. The van der Waals surface area contributed by atoms with Gasteiger partial charge in [-0.2, -0.15) is 0 Å². The van der Waals surface area contributed by atoms with Gasteiger partial charge in [-0.25, -0.2) is 4.79 Å². The molecule has 0 bridgehead atoms. The lowest BCUT2D eigenvalue weighted by molar-refractivity contribution is -0.142. The number of ether oxygens (including phenoxy) is 1. The molecule has 8 nitrogen and oxygen atoms in total. The van der Waals surface area contributed by atoms with Gasteiger partial charge in [-0.1, -0.05) is 58.6 Å². The molecule has 1 rings (SSSR count). The molecule has 0 aromatic carbocycles. The van der Waals surface area contributed by atoms with E-state index in [-0.39, 0.29) is 42.3 Å². The van der Waals surface area contributed by atoms with E-state index < -0.39 is 42.0 Å². The lowest BCUT2D eigenvalue weighted by Gasteiger charge is -2.23. The second-order valence-electron chi connectivity index (χ2n) is 12.1. The van der Waals surface area contributed by atoms with E-state index in [1.165, 1.54) is 0 Å². The van der Waals surface area contributed by atoms with Crippen LogP contribution in [-0.4, -0.2) is 58.0 Å². The standard InChI is InChI=1S/C34H53NO7/c1-9-10-22(3)29(36)17-12-21(2)11-15-28-16-13-23(4)31(38)20-32(39)35-26(7)14-18-30(37)27(8)33(40)24(5)19-25(6)34(41)42-28/h9-11,15,19,21,23-24,26-29,33,36,40H,1,12-14,16-18,20H2,2-8H3,(H,35,39)/b15-11+,22-10+,25-19+/t21-,23-,24+,26+,27+,28-,29-,33+/m1/s1. The largest absolute Gasteiger partial charge is 0.455 e. The summed E-state index contributed by atoms with van der Waals surface area (Å²) in [6, 6.07) is -0.291. The van der Waals surface area contributed by atoms with Gasteiger partial charge in [0.25, 0.3) is 0 Å². The maximum absolute atomic E-state index is 13.0. The SMILES string of the molecule is C=C/C=C(\C)[C@H](O)CC[C@H](C)/C=C/[C@@H]1CC[C@@H](C)C(=O)CC(=O)N[C@@H](C)CCC(=O)[C@H](C)[C@@H](O)[C@@H](C)/C=C(\C)C(=O)O1. The van der Waals surface area contributed by atoms with E-state index in [1.807, 2.05) is 26.0 Å². The number of aliphatic hydroxyl groups excluding tert-OH is 2. The van der Waals surface area contributed by atoms with Crippen LogP contribution in [0.2, 0.25) is 0 Å². The van der Waals surface area contributed by atoms with Crippen LogP contribution < -0.4 is 5.32 Å². The number of Topliss-reactive ketones (excluding diaryl/α,β-unsaturated/α-hetero) is 2. The molecule has 8 atom stereocenters. The van der Waals surface area contributed by atoms with Gasteiger partial charge in [0.2, 0.25) is 5.91 Å². The van der Waals surface area contributed by atoms with Gasteiger partial charge in [0, 0.05) is 35.8 Å². The third kappa shape index (κ3) is 13.4. The Morgan fingerprint density at radius 3 is 2.40 bits per heavy atom. The number of hydrogen-bond acceptors (Lipinski definition) is 7. The van der Waals surface area contributed by atoms with E-state index in [0.29, 0.717) is 37.7 Å². The van der Waals surface area contributed by atoms with Crippen molar-refractivity contribution >= 4 is 23.4 Å². The van der Waals surface area contributed by atoms with Crippen LogP contribution in [0, 0.1) is 23.7 Å². The van der Waals surface area contributed by atoms with Gasteiger partial charge in [0.05, 0.1) is 18.6 Å². The lowest BCUT2D eigenvalue weighted by atomic mass is 9.87. The Bertz CT molecular complexity index is 1030. The molecule has 0 aliphatic carbocycles. The Kier molecular flexibility index (Phi) is 16.5. The molecular formula is C34H53NO7. The number of allylic oxidation sites excluding steroid dienone is 3. The number of rotatable bonds is 7. The zero-order chi connectivity index (χ0) is 32.0. The average molecular weight is 588 g/mol. The summed E-state index contributed by atoms with van der Waals surface area (Å²) in [5, 5.41) is 23.9. The van der Waals surface area contributed by atoms with Crippen molar-refractivity contribution in [2.45, 2.75) is 118 Å². The van der Waals surface area contributed by atoms with E-state index in [9.17, 15) is 29.4 Å². The molecule has 0 saturated heterocycles. The first kappa shape index (κ1) is 37.2. The highest BCUT2D eigenvalue weighted by Gasteiger charge is 2.28. The predicted octanol–water partition coefficient (Wildman–Crippen LogP) is 5.19. The van der Waals surface area contributed by atoms with Crippen LogP contribution in [-0.2, 0) is 23.9 Å². The first-order chi connectivity index (χ1) is 19.7. The van der Waals surface area contributed by atoms with Gasteiger partial charge >= 0.3 is 5.97 Å². The monoisotopic (exact) mass is 587 g/mol. The Morgan fingerprint density at radius 2 is 1.76 bits per heavy atom. The highest BCUT2D eigenvalue weighted by Crippen LogP contribution is 2.22. The Hall–Kier alpha value is -2.84. The molecule has 1 aliphatic heterocycles. The summed E-state index contributed by atoms with van der Waals surface area (Å²) < 4.78 is 5.82. The lowest BCUT2D eigenvalue weighted by Crippen LogP contribution is -2.36. The van der Waals surface area contributed by atoms with Crippen molar-refractivity contribution in [2.24, 2.45) is 23.7 Å². The predicted molar refractivity (Wildman–Crippen MR) is 165 cm³/mol. The number of carbonyl (C=O) groups is 4. The fourth-order valence-corrected chi connectivity index (χ4v) is 4.88. The summed E-state index contributed by atoms with van der Waals surface area (Å²) in [7, 11) is 0. The van der Waals surface area contributed by atoms with Gasteiger partial charge in [0.15, 0.2) is 0 Å². The Labute approximate surface area is 252 Å². The summed E-state index contributed by atoms with van der Waals surface area (Å²) >= 11 is 0. The van der Waals surface area contributed by atoms with Gasteiger partial charge in [-0.15, -0.1) is 0 Å². The van der Waals surface area contributed by atoms with E-state index >= 15 is 0 Å². The van der Waals surface area contributed by atoms with E-state index in [2.05, 4.69) is 11.9 Å². The highest BCUT2D eigenvalue weighted by molar-refractivity contribution is 5.99. The first-order valence-corrected chi connectivity index (χ1v) is 15.2. The van der Waals surface area contributed by atoms with Crippen molar-refractivity contribution in [2.75, 3.05) is 0 Å². The third-order valence-corrected chi connectivity index (χ3v) is 8.11. The van der Waals surface area contributed by atoms with Crippen LogP contribution in [0.15, 0.2) is 48.1 Å². The number of carbonyl (C=O) groups excluding carboxylic acids is 4. The molecule has 8 heteroatoms. The topological polar surface area (TPSA) is 130 Å². The number of ketones is 2. The van der Waals surface area contributed by atoms with E-state index in [4.69, 9.17) is 4.74 Å². The maximum atomic E-state index is 13.0. The van der Waals surface area contributed by atoms with Crippen LogP contribution in [0.5, 0.6) is 0 Å². The van der Waals surface area contributed by atoms with Crippen molar-refractivity contribution in [1.82, 2.24) is 5.32 Å². The van der Waals surface area contributed by atoms with Gasteiger partial charge < -0.3 is 20.3 Å².